The number of phosphoric acid groups is 1. The molecule has 0 aromatic rings. The zero-order valence-corrected chi connectivity index (χ0v) is 16.4. The minimum atomic E-state index is -3.55. The Morgan fingerprint density at radius 2 is 0.957 bits per heavy atom. The maximum absolute atomic E-state index is 12.7. The van der Waals surface area contributed by atoms with Gasteiger partial charge in [0.25, 0.3) is 0 Å². The molecule has 0 aromatic heterocycles. The lowest BCUT2D eigenvalue weighted by Gasteiger charge is -2.16. The summed E-state index contributed by atoms with van der Waals surface area (Å²) < 4.78 is 28.9. The minimum absolute atomic E-state index is 0.226. The van der Waals surface area contributed by atoms with Crippen LogP contribution in [0.25, 0.3) is 0 Å². The smallest absolute Gasteiger partial charge is 0.283 e. The Hall–Kier alpha value is -0.670. The van der Waals surface area contributed by atoms with E-state index in [2.05, 4.69) is 20.8 Å². The minimum Gasteiger partial charge on any atom is -0.283 e. The van der Waals surface area contributed by atoms with Gasteiger partial charge in [-0.05, 0) is 40.0 Å². The normalized spacial score (nSPS) is 14.4. The summed E-state index contributed by atoms with van der Waals surface area (Å²) in [6.45, 7) is 12.9. The zero-order valence-electron chi connectivity index (χ0n) is 15.6. The Balaban J connectivity index is 4.72. The van der Waals surface area contributed by atoms with Gasteiger partial charge in [-0.25, -0.2) is 4.57 Å². The number of phosphoric ester groups is 1. The van der Waals surface area contributed by atoms with Crippen LogP contribution in [0.4, 0.5) is 0 Å². The summed E-state index contributed by atoms with van der Waals surface area (Å²) >= 11 is 0. The van der Waals surface area contributed by atoms with Crippen LogP contribution in [0.1, 0.15) is 60.8 Å². The van der Waals surface area contributed by atoms with Crippen LogP contribution in [0.2, 0.25) is 0 Å². The van der Waals surface area contributed by atoms with Crippen LogP contribution >= 0.6 is 7.82 Å². The lowest BCUT2D eigenvalue weighted by molar-refractivity contribution is 0.140. The topological polar surface area (TPSA) is 44.8 Å². The van der Waals surface area contributed by atoms with E-state index in [0.717, 1.165) is 19.3 Å². The Kier molecular flexibility index (Phi) is 12.3. The second-order valence-corrected chi connectivity index (χ2v) is 7.22. The summed E-state index contributed by atoms with van der Waals surface area (Å²) in [5.41, 5.74) is 3.54. The van der Waals surface area contributed by atoms with Crippen LogP contribution in [0.15, 0.2) is 34.9 Å². The van der Waals surface area contributed by atoms with Gasteiger partial charge in [-0.15, -0.1) is 0 Å². The highest BCUT2D eigenvalue weighted by atomic mass is 31.2. The molecule has 0 atom stereocenters. The van der Waals surface area contributed by atoms with Crippen LogP contribution < -0.4 is 0 Å². The number of hydrogen-bond donors (Lipinski definition) is 0. The summed E-state index contributed by atoms with van der Waals surface area (Å²) in [7, 11) is -3.55. The van der Waals surface area contributed by atoms with Crippen molar-refractivity contribution < 1.29 is 18.1 Å². The van der Waals surface area contributed by atoms with E-state index in [4.69, 9.17) is 13.6 Å². The first-order chi connectivity index (χ1) is 10.9. The average Bonchev–Trinajstić information content (AvgIpc) is 2.54. The Morgan fingerprint density at radius 1 is 0.696 bits per heavy atom. The van der Waals surface area contributed by atoms with Gasteiger partial charge in [-0.1, -0.05) is 55.7 Å². The Bertz CT molecular complexity index is 397. The summed E-state index contributed by atoms with van der Waals surface area (Å²) in [5, 5.41) is 0. The molecule has 0 N–H and O–H groups in total. The van der Waals surface area contributed by atoms with Crippen LogP contribution in [0.3, 0.4) is 0 Å². The van der Waals surface area contributed by atoms with E-state index in [1.165, 1.54) is 16.7 Å². The van der Waals surface area contributed by atoms with Gasteiger partial charge in [0.15, 0.2) is 0 Å². The molecule has 4 nitrogen and oxygen atoms in total. The molecular formula is C18H33O4P. The molecule has 0 aliphatic heterocycles. The van der Waals surface area contributed by atoms with Gasteiger partial charge in [-0.3, -0.25) is 13.6 Å². The van der Waals surface area contributed by atoms with E-state index in [9.17, 15) is 4.57 Å². The number of hydrogen-bond acceptors (Lipinski definition) is 4. The van der Waals surface area contributed by atoms with Crippen LogP contribution in [-0.4, -0.2) is 19.8 Å². The first-order valence-corrected chi connectivity index (χ1v) is 9.83. The van der Waals surface area contributed by atoms with Gasteiger partial charge < -0.3 is 0 Å². The van der Waals surface area contributed by atoms with Gasteiger partial charge in [0.2, 0.25) is 0 Å². The molecule has 0 fully saturated rings. The predicted molar refractivity (Wildman–Crippen MR) is 97.6 cm³/mol. The maximum atomic E-state index is 12.7. The molecule has 0 unspecified atom stereocenters. The zero-order chi connectivity index (χ0) is 17.7. The third-order valence-electron chi connectivity index (χ3n) is 3.67. The second kappa shape index (κ2) is 12.7. The van der Waals surface area contributed by atoms with Crippen molar-refractivity contribution in [2.45, 2.75) is 60.8 Å². The largest absolute Gasteiger partial charge is 0.475 e. The summed E-state index contributed by atoms with van der Waals surface area (Å²) in [6, 6.07) is 0. The molecule has 0 saturated carbocycles. The highest BCUT2D eigenvalue weighted by molar-refractivity contribution is 7.48. The van der Waals surface area contributed by atoms with Crippen LogP contribution in [-0.2, 0) is 18.1 Å². The molecular weight excluding hydrogens is 311 g/mol. The summed E-state index contributed by atoms with van der Waals surface area (Å²) in [6.07, 6.45) is 8.52. The highest BCUT2D eigenvalue weighted by Gasteiger charge is 2.25. The van der Waals surface area contributed by atoms with Crippen molar-refractivity contribution in [3.05, 3.63) is 34.9 Å². The van der Waals surface area contributed by atoms with Crippen LogP contribution in [0.5, 0.6) is 0 Å². The first-order valence-electron chi connectivity index (χ1n) is 8.37. The highest BCUT2D eigenvalue weighted by Crippen LogP contribution is 2.49. The molecule has 0 heterocycles. The molecule has 0 aromatic carbocycles. The SMILES string of the molecule is CC/C(C)=C/COP(=O)(OC/C=C(\C)CC)OC/C=C(\C)CC. The number of allylic oxidation sites excluding steroid dienone is 3. The number of rotatable bonds is 12. The van der Waals surface area contributed by atoms with Gasteiger partial charge in [0.05, 0.1) is 19.8 Å². The van der Waals surface area contributed by atoms with Crippen molar-refractivity contribution in [2.24, 2.45) is 0 Å². The third kappa shape index (κ3) is 11.5. The molecule has 0 aliphatic carbocycles. The molecule has 134 valence electrons. The molecule has 23 heavy (non-hydrogen) atoms. The molecule has 0 radical (unpaired) electrons. The van der Waals surface area contributed by atoms with Crippen molar-refractivity contribution in [2.75, 3.05) is 19.8 Å². The summed E-state index contributed by atoms with van der Waals surface area (Å²) in [5.74, 6) is 0. The van der Waals surface area contributed by atoms with Gasteiger partial charge >= 0.3 is 7.82 Å². The lowest BCUT2D eigenvalue weighted by atomic mass is 10.2. The van der Waals surface area contributed by atoms with Crippen molar-refractivity contribution in [1.82, 2.24) is 0 Å². The molecule has 0 spiro atoms. The third-order valence-corrected chi connectivity index (χ3v) is 5.06. The quantitative estimate of drug-likeness (QED) is 0.312. The van der Waals surface area contributed by atoms with Gasteiger partial charge in [-0.2, -0.15) is 0 Å². The fourth-order valence-electron chi connectivity index (χ4n) is 1.36. The van der Waals surface area contributed by atoms with Gasteiger partial charge in [0.1, 0.15) is 0 Å². The monoisotopic (exact) mass is 344 g/mol. The van der Waals surface area contributed by atoms with Crippen molar-refractivity contribution in [3.8, 4) is 0 Å². The average molecular weight is 344 g/mol. The standard InChI is InChI=1S/C18H33O4P/c1-7-16(4)10-13-20-23(19,21-14-11-17(5)8-2)22-15-12-18(6)9-3/h10-12H,7-9,13-15H2,1-6H3/b16-10+,17-11+,18-12+. The van der Waals surface area contributed by atoms with Crippen molar-refractivity contribution in [1.29, 1.82) is 0 Å². The van der Waals surface area contributed by atoms with E-state index in [-0.39, 0.29) is 19.8 Å². The molecule has 0 amide bonds. The van der Waals surface area contributed by atoms with E-state index >= 15 is 0 Å². The molecule has 5 heteroatoms. The van der Waals surface area contributed by atoms with E-state index in [1.807, 2.05) is 39.0 Å². The molecule has 0 saturated heterocycles. The molecule has 0 rings (SSSR count). The summed E-state index contributed by atoms with van der Waals surface area (Å²) in [4.78, 5) is 0. The van der Waals surface area contributed by atoms with E-state index < -0.39 is 7.82 Å². The predicted octanol–water partition coefficient (Wildman–Crippen LogP) is 6.21. The molecule has 0 aliphatic rings. The van der Waals surface area contributed by atoms with Crippen molar-refractivity contribution >= 4 is 7.82 Å². The Morgan fingerprint density at radius 3 is 1.17 bits per heavy atom. The van der Waals surface area contributed by atoms with Crippen molar-refractivity contribution in [3.63, 3.8) is 0 Å². The molecule has 0 bridgehead atoms. The van der Waals surface area contributed by atoms with E-state index in [0.29, 0.717) is 0 Å². The van der Waals surface area contributed by atoms with Gasteiger partial charge in [0, 0.05) is 0 Å². The maximum Gasteiger partial charge on any atom is 0.475 e. The lowest BCUT2D eigenvalue weighted by Crippen LogP contribution is -2.02. The first kappa shape index (κ1) is 22.3. The Labute approximate surface area is 142 Å². The van der Waals surface area contributed by atoms with Crippen LogP contribution in [0, 0.1) is 0 Å². The van der Waals surface area contributed by atoms with E-state index in [1.54, 1.807) is 0 Å². The second-order valence-electron chi connectivity index (χ2n) is 5.55. The fourth-order valence-corrected chi connectivity index (χ4v) is 2.35. The fraction of sp³-hybridized carbons (Fsp3) is 0.667.